The number of aliphatic hydroxyl groups is 1. The molecule has 4 aromatic carbocycles. The van der Waals surface area contributed by atoms with Gasteiger partial charge in [-0.1, -0.05) is 89.4 Å². The molecule has 2 heterocycles. The number of hydrogen-bond donors (Lipinski definition) is 3. The molecule has 0 aromatic heterocycles. The molecule has 4 aromatic rings. The highest BCUT2D eigenvalue weighted by atomic mass is 79.9. The molecule has 0 saturated heterocycles. The van der Waals surface area contributed by atoms with Gasteiger partial charge in [0.1, 0.15) is 19.9 Å². The number of carbonyl (C=O) groups excluding carboxylic acids is 3. The molecule has 0 radical (unpaired) electrons. The number of nitrogens with zero attached hydrogens (tertiary/aromatic N) is 1. The van der Waals surface area contributed by atoms with Crippen LogP contribution in [-0.4, -0.2) is 51.7 Å². The summed E-state index contributed by atoms with van der Waals surface area (Å²) in [7, 11) is 0.216. The highest BCUT2D eigenvalue weighted by Crippen LogP contribution is 2.30. The van der Waals surface area contributed by atoms with Crippen molar-refractivity contribution in [2.75, 3.05) is 36.8 Å². The van der Waals surface area contributed by atoms with Crippen LogP contribution in [0.25, 0.3) is 0 Å². The zero-order valence-electron chi connectivity index (χ0n) is 30.3. The summed E-state index contributed by atoms with van der Waals surface area (Å²) in [6.45, 7) is 8.57. The summed E-state index contributed by atoms with van der Waals surface area (Å²) in [6.07, 6.45) is 0.0654. The number of aliphatic hydroxyl groups excluding tert-OH is 1. The first-order valence-corrected chi connectivity index (χ1v) is 23.4. The van der Waals surface area contributed by atoms with Crippen LogP contribution in [0.4, 0.5) is 21.9 Å². The average Bonchev–Trinajstić information content (AvgIpc) is 3.13. The molecule has 0 unspecified atom stereocenters. The molecule has 16 heteroatoms. The minimum Gasteiger partial charge on any atom is -0.465 e. The number of cyclic esters (lactones) is 2. The first-order chi connectivity index (χ1) is 25.5. The van der Waals surface area contributed by atoms with Crippen LogP contribution in [0.3, 0.4) is 0 Å². The molecule has 0 saturated carbocycles. The van der Waals surface area contributed by atoms with Gasteiger partial charge in [-0.3, -0.25) is 9.69 Å². The fourth-order valence-electron chi connectivity index (χ4n) is 4.70. The summed E-state index contributed by atoms with van der Waals surface area (Å²) >= 11 is 13.3. The Balaban J connectivity index is 0.000000202. The van der Waals surface area contributed by atoms with Gasteiger partial charge in [0.2, 0.25) is 0 Å². The molecule has 6 rings (SSSR count). The second-order valence-corrected chi connectivity index (χ2v) is 22.4. The largest absolute Gasteiger partial charge is 0.465 e. The van der Waals surface area contributed by atoms with Crippen molar-refractivity contribution in [2.24, 2.45) is 0 Å². The van der Waals surface area contributed by atoms with E-state index in [0.717, 1.165) is 51.9 Å². The van der Waals surface area contributed by atoms with E-state index in [1.54, 1.807) is 35.2 Å². The summed E-state index contributed by atoms with van der Waals surface area (Å²) < 4.78 is 24.0. The molecule has 5 N–H and O–H groups in total. The molecule has 290 valence electrons. The van der Waals surface area contributed by atoms with Gasteiger partial charge >= 0.3 is 18.0 Å². The SMILES string of the molecule is COC(=O)c1cc(Br)ccc1N.C[Si](C)(C)CCOCN1C(=O)OCc2cc(Br)ccc21.Nc1ccc(Br)cc1CO.O=C1Cc2ccc(Br)cc2CO1. The minimum absolute atomic E-state index is 0.00866. The molecule has 0 bridgehead atoms. The maximum absolute atomic E-state index is 11.9. The summed E-state index contributed by atoms with van der Waals surface area (Å²) in [5.74, 6) is -0.557. The third-order valence-electron chi connectivity index (χ3n) is 7.71. The molecule has 0 spiro atoms. The topological polar surface area (TPSA) is 164 Å². The highest BCUT2D eigenvalue weighted by Gasteiger charge is 2.26. The van der Waals surface area contributed by atoms with Crippen LogP contribution >= 0.6 is 63.7 Å². The van der Waals surface area contributed by atoms with E-state index in [-0.39, 0.29) is 25.4 Å². The van der Waals surface area contributed by atoms with E-state index in [1.165, 1.54) is 7.11 Å². The van der Waals surface area contributed by atoms with Crippen molar-refractivity contribution in [3.8, 4) is 0 Å². The standard InChI is InChI=1S/C14H20BrNO3Si.C9H7BrO2.C8H8BrNO2.C7H8BrNO/c1-20(2,3)7-6-18-10-16-13-5-4-12(15)8-11(13)9-19-14(16)17;10-8-2-1-6-4-9(11)12-5-7(6)3-8;1-12-8(11)6-4-5(9)2-3-7(6)10;8-6-1-2-7(9)5(3-6)4-10/h4-5,8H,6-7,9-10H2,1-3H3;1-3H,4-5H2;2-4H,10H2,1H3;1-3,10H,4,9H2. The Kier molecular flexibility index (Phi) is 18.2. The number of amides is 1. The zero-order chi connectivity index (χ0) is 40.0. The van der Waals surface area contributed by atoms with Crippen molar-refractivity contribution in [1.29, 1.82) is 0 Å². The fraction of sp³-hybridized carbons (Fsp3) is 0.289. The van der Waals surface area contributed by atoms with Gasteiger partial charge in [0.05, 0.1) is 31.4 Å². The van der Waals surface area contributed by atoms with E-state index in [2.05, 4.69) is 88.1 Å². The maximum Gasteiger partial charge on any atom is 0.416 e. The van der Waals surface area contributed by atoms with E-state index in [1.807, 2.05) is 42.5 Å². The summed E-state index contributed by atoms with van der Waals surface area (Å²) in [4.78, 5) is 35.3. The van der Waals surface area contributed by atoms with Crippen LogP contribution in [0.2, 0.25) is 25.7 Å². The van der Waals surface area contributed by atoms with E-state index >= 15 is 0 Å². The second kappa shape index (κ2) is 21.7. The number of fused-ring (bicyclic) bond motifs is 2. The average molecular weight is 1020 g/mol. The Morgan fingerprint density at radius 1 is 0.796 bits per heavy atom. The molecule has 11 nitrogen and oxygen atoms in total. The first kappa shape index (κ1) is 45.1. The molecule has 0 atom stereocenters. The summed E-state index contributed by atoms with van der Waals surface area (Å²) in [6, 6.07) is 23.2. The summed E-state index contributed by atoms with van der Waals surface area (Å²) in [5, 5.41) is 8.74. The lowest BCUT2D eigenvalue weighted by Gasteiger charge is -2.29. The predicted octanol–water partition coefficient (Wildman–Crippen LogP) is 9.61. The van der Waals surface area contributed by atoms with Crippen molar-refractivity contribution in [3.63, 3.8) is 0 Å². The van der Waals surface area contributed by atoms with E-state index in [4.69, 9.17) is 30.8 Å². The van der Waals surface area contributed by atoms with Gasteiger partial charge in [-0.25, -0.2) is 9.59 Å². The van der Waals surface area contributed by atoms with Gasteiger partial charge in [0, 0.05) is 55.1 Å². The minimum atomic E-state index is -1.11. The number of nitrogens with two attached hydrogens (primary N) is 2. The number of ether oxygens (including phenoxy) is 4. The van der Waals surface area contributed by atoms with Crippen molar-refractivity contribution in [2.45, 2.75) is 51.9 Å². The molecule has 2 aliphatic heterocycles. The lowest BCUT2D eigenvalue weighted by atomic mass is 10.0. The van der Waals surface area contributed by atoms with Gasteiger partial charge in [-0.15, -0.1) is 0 Å². The Bertz CT molecular complexity index is 1930. The molecular weight excluding hydrogens is 974 g/mol. The molecule has 1 amide bonds. The lowest BCUT2D eigenvalue weighted by Crippen LogP contribution is -2.38. The van der Waals surface area contributed by atoms with Crippen LogP contribution in [0.15, 0.2) is 90.7 Å². The molecular formula is C38H43Br4N3O8Si. The lowest BCUT2D eigenvalue weighted by molar-refractivity contribution is -0.145. The number of methoxy groups -OCH3 is 1. The number of benzene rings is 4. The Hall–Kier alpha value is -3.25. The molecule has 0 fully saturated rings. The van der Waals surface area contributed by atoms with Gasteiger partial charge in [0.15, 0.2) is 0 Å². The monoisotopic (exact) mass is 1010 g/mol. The number of anilines is 3. The van der Waals surface area contributed by atoms with Crippen molar-refractivity contribution in [3.05, 3.63) is 119 Å². The maximum atomic E-state index is 11.9. The number of rotatable bonds is 7. The van der Waals surface area contributed by atoms with E-state index < -0.39 is 14.0 Å². The third kappa shape index (κ3) is 14.8. The van der Waals surface area contributed by atoms with Gasteiger partial charge in [0.25, 0.3) is 0 Å². The zero-order valence-corrected chi connectivity index (χ0v) is 37.6. The van der Waals surface area contributed by atoms with Gasteiger partial charge in [-0.05, 0) is 83.9 Å². The third-order valence-corrected chi connectivity index (χ3v) is 11.4. The molecule has 0 aliphatic carbocycles. The number of esters is 2. The highest BCUT2D eigenvalue weighted by molar-refractivity contribution is 9.11. The summed E-state index contributed by atoms with van der Waals surface area (Å²) in [5.41, 5.74) is 17.3. The quantitative estimate of drug-likeness (QED) is 0.0534. The van der Waals surface area contributed by atoms with Gasteiger partial charge < -0.3 is 35.5 Å². The smallest absolute Gasteiger partial charge is 0.416 e. The van der Waals surface area contributed by atoms with Crippen molar-refractivity contribution >= 4 is 107 Å². The molecule has 54 heavy (non-hydrogen) atoms. The Morgan fingerprint density at radius 2 is 1.37 bits per heavy atom. The number of halogens is 4. The normalized spacial score (nSPS) is 12.9. The predicted molar refractivity (Wildman–Crippen MR) is 228 cm³/mol. The fourth-order valence-corrected chi connectivity index (χ4v) is 7.04. The number of hydrogen-bond acceptors (Lipinski definition) is 10. The Morgan fingerprint density at radius 3 is 2.00 bits per heavy atom. The van der Waals surface area contributed by atoms with E-state index in [0.29, 0.717) is 43.2 Å². The second-order valence-electron chi connectivity index (χ2n) is 13.1. The van der Waals surface area contributed by atoms with Crippen LogP contribution in [0, 0.1) is 0 Å². The number of carbonyl (C=O) groups is 3. The van der Waals surface area contributed by atoms with Crippen molar-refractivity contribution < 1.29 is 38.4 Å². The molecule has 2 aliphatic rings. The Labute approximate surface area is 350 Å². The van der Waals surface area contributed by atoms with Crippen molar-refractivity contribution in [1.82, 2.24) is 0 Å². The first-order valence-electron chi connectivity index (χ1n) is 16.5. The van der Waals surface area contributed by atoms with Crippen LogP contribution < -0.4 is 16.4 Å². The van der Waals surface area contributed by atoms with Crippen LogP contribution in [0.5, 0.6) is 0 Å². The van der Waals surface area contributed by atoms with Gasteiger partial charge in [-0.2, -0.15) is 0 Å². The van der Waals surface area contributed by atoms with E-state index in [9.17, 15) is 14.4 Å². The van der Waals surface area contributed by atoms with Crippen LogP contribution in [-0.2, 0) is 50.0 Å². The van der Waals surface area contributed by atoms with Crippen LogP contribution in [0.1, 0.15) is 32.6 Å². The number of nitrogen functional groups attached to an aromatic ring is 2.